The number of hydrogen-bond donors (Lipinski definition) is 0. The molecule has 19 rings (SSSR count). The van der Waals surface area contributed by atoms with Gasteiger partial charge >= 0.3 is 24.7 Å². The molecule has 14 aromatic rings. The smallest absolute Gasteiger partial charge is 0.310 e. The van der Waals surface area contributed by atoms with Crippen LogP contribution in [0.15, 0.2) is 303 Å². The quantitative estimate of drug-likeness (QED) is 0.0937. The predicted octanol–water partition coefficient (Wildman–Crippen LogP) is 20.7. The third-order valence-corrected chi connectivity index (χ3v) is 26.3. The highest BCUT2D eigenvalue weighted by atomic mass is 28.3. The van der Waals surface area contributed by atoms with E-state index in [4.69, 9.17) is 0 Å². The number of nitrogens with zero attached hydrogens (tertiary/aromatic N) is 4. The summed E-state index contributed by atoms with van der Waals surface area (Å²) in [5, 5.41) is 6.09. The fourth-order valence-corrected chi connectivity index (χ4v) is 22.3. The van der Waals surface area contributed by atoms with E-state index < -0.39 is 95.5 Å². The Kier molecular flexibility index (Phi) is 15.4. The van der Waals surface area contributed by atoms with Crippen molar-refractivity contribution in [2.24, 2.45) is 0 Å². The first-order chi connectivity index (χ1) is 52.8. The van der Waals surface area contributed by atoms with Crippen molar-refractivity contribution in [2.75, 3.05) is 19.6 Å². The van der Waals surface area contributed by atoms with Crippen LogP contribution in [0.3, 0.4) is 0 Å². The number of halogens is 12. The van der Waals surface area contributed by atoms with E-state index in [0.717, 1.165) is 66.5 Å². The van der Waals surface area contributed by atoms with Crippen molar-refractivity contribution in [1.82, 2.24) is 0 Å². The van der Waals surface area contributed by atoms with Gasteiger partial charge in [0.25, 0.3) is 23.6 Å². The molecule has 0 saturated carbocycles. The molecule has 0 bridgehead atoms. The molecule has 4 aliphatic heterocycles. The maximum absolute atomic E-state index is 14.2. The summed E-state index contributed by atoms with van der Waals surface area (Å²) in [7, 11) is -2.96. The van der Waals surface area contributed by atoms with Gasteiger partial charge in [-0.2, -0.15) is 52.7 Å². The minimum Gasteiger partial charge on any atom is -0.310 e. The molecule has 1 spiro atoms. The Morgan fingerprint density at radius 2 is 0.536 bits per heavy atom. The lowest BCUT2D eigenvalue weighted by Gasteiger charge is -2.45. The lowest BCUT2D eigenvalue weighted by molar-refractivity contribution is -0.144. The molecule has 110 heavy (non-hydrogen) atoms. The van der Waals surface area contributed by atoms with Gasteiger partial charge in [0.2, 0.25) is 0 Å². The van der Waals surface area contributed by atoms with E-state index >= 15 is 0 Å². The monoisotopic (exact) mass is 1490 g/mol. The summed E-state index contributed by atoms with van der Waals surface area (Å²) in [6, 6.07) is 87.4. The Labute approximate surface area is 619 Å². The zero-order valence-electron chi connectivity index (χ0n) is 56.8. The van der Waals surface area contributed by atoms with Crippen molar-refractivity contribution in [2.45, 2.75) is 30.1 Å². The third kappa shape index (κ3) is 10.2. The summed E-state index contributed by atoms with van der Waals surface area (Å²) in [5.41, 5.74) is 2.28. The summed E-state index contributed by atoms with van der Waals surface area (Å²) >= 11 is 0. The van der Waals surface area contributed by atoms with Gasteiger partial charge in [-0.05, 0) is 151 Å². The summed E-state index contributed by atoms with van der Waals surface area (Å²) in [4.78, 5) is 61.6. The number of hydrogen-bond acceptors (Lipinski definition) is 6. The topological polar surface area (TPSA) is 81.2 Å². The number of benzene rings is 14. The van der Waals surface area contributed by atoms with Crippen LogP contribution in [-0.2, 0) is 30.1 Å². The normalized spacial score (nSPS) is 15.1. The molecular formula is C89H50F12N4O4Si. The van der Waals surface area contributed by atoms with E-state index in [2.05, 4.69) is 82.6 Å². The van der Waals surface area contributed by atoms with E-state index in [9.17, 15) is 71.9 Å². The first-order valence-corrected chi connectivity index (χ1v) is 36.6. The fraction of sp³-hybridized carbons (Fsp3) is 0.0562. The first-order valence-electron chi connectivity index (χ1n) is 34.6. The Hall–Kier alpha value is -13.1. The number of rotatable bonds is 6. The standard InChI is InChI=1S/C45H24F6N2O2.C44H26F6N2O2Si/c46-44(47,48)25-22-26(45(49,50)51)24-27(23-25)52-41(54)31-13-9-12-30-37(21-20-32(40(30)31)42(52)55)53-38-18-7-5-16-35(38)43(36-17-6-8-19-39(36)53)33-14-3-1-10-28(33)29-11-2-4-15-34(29)43;45-43(46,47)27-24-28(44(48,49)50)26-29(25-27)51-41(53)33-17-11-16-32-35(23-22-34(40(32)33)42(51)54)52-36-18-7-9-20-38(36)55(30-12-3-1-4-13-30,31-14-5-2-6-15-31)39-21-10-8-19-37(39)52/h1-24H;1-26H. The van der Waals surface area contributed by atoms with Crippen LogP contribution < -0.4 is 40.3 Å². The van der Waals surface area contributed by atoms with E-state index in [1.807, 2.05) is 133 Å². The second kappa shape index (κ2) is 24.7. The van der Waals surface area contributed by atoms with Gasteiger partial charge in [0.1, 0.15) is 0 Å². The van der Waals surface area contributed by atoms with Gasteiger partial charge in [0, 0.05) is 55.2 Å². The highest BCUT2D eigenvalue weighted by Gasteiger charge is 2.54. The predicted molar refractivity (Wildman–Crippen MR) is 400 cm³/mol. The Morgan fingerprint density at radius 3 is 0.900 bits per heavy atom. The highest BCUT2D eigenvalue weighted by molar-refractivity contribution is 7.21. The number of carbonyl (C=O) groups excluding carboxylic acids is 4. The largest absolute Gasteiger partial charge is 0.416 e. The molecule has 1 aliphatic carbocycles. The lowest BCUT2D eigenvalue weighted by atomic mass is 9.64. The van der Waals surface area contributed by atoms with Gasteiger partial charge in [-0.15, -0.1) is 0 Å². The number of alkyl halides is 12. The zero-order valence-corrected chi connectivity index (χ0v) is 57.8. The average molecular weight is 1500 g/mol. The number of para-hydroxylation sites is 4. The van der Waals surface area contributed by atoms with Gasteiger partial charge in [-0.3, -0.25) is 19.2 Å². The van der Waals surface area contributed by atoms with E-state index in [1.165, 1.54) is 34.6 Å². The molecule has 21 heteroatoms. The van der Waals surface area contributed by atoms with Crippen molar-refractivity contribution in [3.8, 4) is 11.1 Å². The van der Waals surface area contributed by atoms with Crippen LogP contribution in [0.1, 0.15) is 85.9 Å². The van der Waals surface area contributed by atoms with Crippen LogP contribution in [0.5, 0.6) is 0 Å². The molecule has 4 amide bonds. The SMILES string of the molecule is O=C1c2cccc3c(N4c5ccccc5C5(c6ccccc6-c6ccccc65)c5ccccc54)ccc(c23)C(=O)N1c1cc(C(F)(F)F)cc(C(F)(F)F)c1.O=C1c2cccc3c(N4c5ccccc5[Si](c5ccccc5)(c5ccccc5)c5ccccc54)ccc(c23)C(=O)N1c1cc(C(F)(F)F)cc(C(F)(F)F)c1. The van der Waals surface area contributed by atoms with Crippen LogP contribution in [0.25, 0.3) is 32.7 Å². The van der Waals surface area contributed by atoms with E-state index in [0.29, 0.717) is 56.2 Å². The molecule has 14 aromatic carbocycles. The first kappa shape index (κ1) is 68.7. The van der Waals surface area contributed by atoms with Crippen LogP contribution in [-0.4, -0.2) is 31.7 Å². The Morgan fingerprint density at radius 1 is 0.245 bits per heavy atom. The Bertz CT molecular complexity index is 5700. The number of anilines is 8. The van der Waals surface area contributed by atoms with Gasteiger partial charge in [-0.1, -0.05) is 206 Å². The highest BCUT2D eigenvalue weighted by Crippen LogP contribution is 2.64. The number of amides is 4. The molecule has 0 atom stereocenters. The molecule has 0 radical (unpaired) electrons. The summed E-state index contributed by atoms with van der Waals surface area (Å²) in [6.07, 6.45) is -20.7. The molecule has 0 N–H and O–H groups in total. The van der Waals surface area contributed by atoms with Crippen molar-refractivity contribution in [3.05, 3.63) is 370 Å². The zero-order chi connectivity index (χ0) is 76.3. The van der Waals surface area contributed by atoms with Crippen molar-refractivity contribution in [1.29, 1.82) is 0 Å². The van der Waals surface area contributed by atoms with Gasteiger partial charge in [-0.25, -0.2) is 9.80 Å². The molecule has 0 unspecified atom stereocenters. The van der Waals surface area contributed by atoms with E-state index in [1.54, 1.807) is 36.4 Å². The van der Waals surface area contributed by atoms with Crippen molar-refractivity contribution in [3.63, 3.8) is 0 Å². The second-order valence-electron chi connectivity index (χ2n) is 27.2. The molecular weight excluding hydrogens is 1450 g/mol. The maximum Gasteiger partial charge on any atom is 0.416 e. The number of imide groups is 2. The van der Waals surface area contributed by atoms with E-state index in [-0.39, 0.29) is 45.2 Å². The average Bonchev–Trinajstić information content (AvgIpc) is 1.10. The third-order valence-electron chi connectivity index (χ3n) is 21.5. The summed E-state index contributed by atoms with van der Waals surface area (Å²) in [5.74, 6) is -4.14. The summed E-state index contributed by atoms with van der Waals surface area (Å²) in [6.45, 7) is 0. The molecule has 0 aromatic heterocycles. The minimum absolute atomic E-state index is 0.0317. The van der Waals surface area contributed by atoms with Crippen molar-refractivity contribution < 1.29 is 71.9 Å². The summed E-state index contributed by atoms with van der Waals surface area (Å²) < 4.78 is 166. The molecule has 8 nitrogen and oxygen atoms in total. The molecule has 0 saturated heterocycles. The van der Waals surface area contributed by atoms with Gasteiger partial charge < -0.3 is 9.80 Å². The fourth-order valence-electron chi connectivity index (χ4n) is 17.1. The molecule has 0 fully saturated rings. The molecule has 5 aliphatic rings. The van der Waals surface area contributed by atoms with Crippen LogP contribution in [0, 0.1) is 0 Å². The van der Waals surface area contributed by atoms with Gasteiger partial charge in [0.15, 0.2) is 8.07 Å². The van der Waals surface area contributed by atoms with Crippen LogP contribution in [0.4, 0.5) is 98.2 Å². The number of fused-ring (bicyclic) bond motifs is 11. The second-order valence-corrected chi connectivity index (χ2v) is 30.9. The lowest BCUT2D eigenvalue weighted by Crippen LogP contribution is -2.77. The van der Waals surface area contributed by atoms with Crippen LogP contribution >= 0.6 is 0 Å². The molecule has 538 valence electrons. The van der Waals surface area contributed by atoms with Crippen LogP contribution in [0.2, 0.25) is 0 Å². The Balaban J connectivity index is 0.000000154. The van der Waals surface area contributed by atoms with Crippen molar-refractivity contribution >= 4 is 119 Å². The number of carbonyl (C=O) groups is 4. The van der Waals surface area contributed by atoms with Gasteiger partial charge in [0.05, 0.1) is 61.8 Å². The molecule has 4 heterocycles. The maximum atomic E-state index is 14.2. The minimum atomic E-state index is -5.17.